The molecular formula is C29H35F3. The number of aryl methyl sites for hydroxylation is 6. The number of alkyl halides is 3. The molecule has 0 amide bonds. The summed E-state index contributed by atoms with van der Waals surface area (Å²) in [7, 11) is 0. The first-order valence-corrected chi connectivity index (χ1v) is 11.2. The topological polar surface area (TPSA) is 0 Å². The third-order valence-corrected chi connectivity index (χ3v) is 6.08. The van der Waals surface area contributed by atoms with E-state index in [0.717, 1.165) is 17.7 Å². The molecule has 0 radical (unpaired) electrons. The van der Waals surface area contributed by atoms with Crippen molar-refractivity contribution in [2.24, 2.45) is 0 Å². The molecule has 4 rings (SSSR count). The van der Waals surface area contributed by atoms with Gasteiger partial charge < -0.3 is 0 Å². The monoisotopic (exact) mass is 440 g/mol. The number of halogens is 3. The highest BCUT2D eigenvalue weighted by Crippen LogP contribution is 2.28. The van der Waals surface area contributed by atoms with Gasteiger partial charge in [0.25, 0.3) is 0 Å². The molecule has 0 unspecified atom stereocenters. The quantitative estimate of drug-likeness (QED) is 0.328. The lowest BCUT2D eigenvalue weighted by Crippen LogP contribution is -2.03. The first-order chi connectivity index (χ1) is 15.0. The zero-order chi connectivity index (χ0) is 23.9. The summed E-state index contributed by atoms with van der Waals surface area (Å²) in [6, 6.07) is 16.2. The third-order valence-electron chi connectivity index (χ3n) is 6.08. The van der Waals surface area contributed by atoms with Gasteiger partial charge in [0.15, 0.2) is 0 Å². The van der Waals surface area contributed by atoms with Crippen LogP contribution in [0.1, 0.15) is 62.9 Å². The van der Waals surface area contributed by atoms with Crippen LogP contribution in [0.5, 0.6) is 0 Å². The van der Waals surface area contributed by atoms with E-state index < -0.39 is 11.7 Å². The van der Waals surface area contributed by atoms with Crippen LogP contribution in [-0.4, -0.2) is 0 Å². The average Bonchev–Trinajstić information content (AvgIpc) is 2.73. The van der Waals surface area contributed by atoms with Crippen LogP contribution in [0.2, 0.25) is 0 Å². The Hall–Kier alpha value is -2.55. The molecule has 3 aromatic carbocycles. The Labute approximate surface area is 191 Å². The zero-order valence-corrected chi connectivity index (χ0v) is 20.2. The average molecular weight is 441 g/mol. The Kier molecular flexibility index (Phi) is 9.12. The van der Waals surface area contributed by atoms with Crippen LogP contribution in [0.4, 0.5) is 13.2 Å². The van der Waals surface area contributed by atoms with E-state index in [9.17, 15) is 13.2 Å². The van der Waals surface area contributed by atoms with Crippen molar-refractivity contribution >= 4 is 0 Å². The molecule has 0 fully saturated rings. The molecule has 32 heavy (non-hydrogen) atoms. The molecule has 1 aliphatic carbocycles. The molecule has 0 saturated heterocycles. The van der Waals surface area contributed by atoms with Crippen molar-refractivity contribution in [3.05, 3.63) is 105 Å². The highest BCUT2D eigenvalue weighted by Gasteiger charge is 2.29. The maximum Gasteiger partial charge on any atom is 0.416 e. The predicted molar refractivity (Wildman–Crippen MR) is 129 cm³/mol. The third kappa shape index (κ3) is 7.55. The van der Waals surface area contributed by atoms with Crippen LogP contribution in [0.15, 0.2) is 54.6 Å². The number of hydrogen-bond acceptors (Lipinski definition) is 0. The van der Waals surface area contributed by atoms with Gasteiger partial charge in [-0.25, -0.2) is 0 Å². The first-order valence-electron chi connectivity index (χ1n) is 11.2. The summed E-state index contributed by atoms with van der Waals surface area (Å²) in [4.78, 5) is 0. The molecule has 0 nitrogen and oxygen atoms in total. The van der Waals surface area contributed by atoms with Gasteiger partial charge in [-0.15, -0.1) is 0 Å². The van der Waals surface area contributed by atoms with E-state index in [-0.39, 0.29) is 0 Å². The van der Waals surface area contributed by atoms with Gasteiger partial charge in [0.2, 0.25) is 0 Å². The van der Waals surface area contributed by atoms with Crippen molar-refractivity contribution in [1.82, 2.24) is 0 Å². The molecular weight excluding hydrogens is 405 g/mol. The smallest absolute Gasteiger partial charge is 0.166 e. The van der Waals surface area contributed by atoms with Gasteiger partial charge >= 0.3 is 6.18 Å². The van der Waals surface area contributed by atoms with Crippen molar-refractivity contribution < 1.29 is 13.2 Å². The van der Waals surface area contributed by atoms with E-state index >= 15 is 0 Å². The van der Waals surface area contributed by atoms with Crippen LogP contribution in [0.25, 0.3) is 0 Å². The summed E-state index contributed by atoms with van der Waals surface area (Å²) in [5.41, 5.74) is 10.5. The summed E-state index contributed by atoms with van der Waals surface area (Å²) >= 11 is 0. The molecule has 0 saturated carbocycles. The molecule has 3 heteroatoms. The van der Waals surface area contributed by atoms with E-state index in [2.05, 4.69) is 65.0 Å². The van der Waals surface area contributed by atoms with Gasteiger partial charge in [-0.3, -0.25) is 0 Å². The molecule has 0 heterocycles. The number of hydrogen-bond donors (Lipinski definition) is 0. The summed E-state index contributed by atoms with van der Waals surface area (Å²) in [6.45, 7) is 12.6. The van der Waals surface area contributed by atoms with Crippen molar-refractivity contribution in [2.75, 3.05) is 0 Å². The second kappa shape index (κ2) is 11.4. The zero-order valence-electron chi connectivity index (χ0n) is 20.2. The number of benzene rings is 3. The molecule has 3 aromatic rings. The van der Waals surface area contributed by atoms with Gasteiger partial charge in [0.05, 0.1) is 5.56 Å². The minimum atomic E-state index is -4.21. The Morgan fingerprint density at radius 2 is 1.19 bits per heavy atom. The Balaban J connectivity index is 0.000000170. The molecule has 0 N–H and O–H groups in total. The second-order valence-electron chi connectivity index (χ2n) is 8.81. The first kappa shape index (κ1) is 25.7. The SMILES string of the molecule is Cc1cc(C)c(C)c(C)c1.Cc1ccc(C(F)(F)F)cc1.Cc1cccc2c1CCCC2. The number of rotatable bonds is 0. The van der Waals surface area contributed by atoms with Crippen LogP contribution in [0.3, 0.4) is 0 Å². The van der Waals surface area contributed by atoms with Crippen molar-refractivity contribution in [3.63, 3.8) is 0 Å². The van der Waals surface area contributed by atoms with Gasteiger partial charge in [-0.1, -0.05) is 53.6 Å². The minimum absolute atomic E-state index is 0.594. The van der Waals surface area contributed by atoms with E-state index in [1.54, 1.807) is 18.1 Å². The van der Waals surface area contributed by atoms with Crippen LogP contribution >= 0.6 is 0 Å². The molecule has 1 aliphatic rings. The summed E-state index contributed by atoms with van der Waals surface area (Å²) in [6.07, 6.45) is 1.17. The molecule has 0 aliphatic heterocycles. The number of fused-ring (bicyclic) bond motifs is 1. The predicted octanol–water partition coefficient (Wildman–Crippen LogP) is 8.81. The van der Waals surface area contributed by atoms with E-state index in [1.807, 2.05) is 0 Å². The van der Waals surface area contributed by atoms with Crippen molar-refractivity contribution in [3.8, 4) is 0 Å². The van der Waals surface area contributed by atoms with Crippen molar-refractivity contribution in [1.29, 1.82) is 0 Å². The van der Waals surface area contributed by atoms with E-state index in [4.69, 9.17) is 0 Å². The molecule has 0 aromatic heterocycles. The van der Waals surface area contributed by atoms with Crippen molar-refractivity contribution in [2.45, 2.75) is 73.4 Å². The lowest BCUT2D eigenvalue weighted by atomic mass is 9.89. The molecule has 172 valence electrons. The summed E-state index contributed by atoms with van der Waals surface area (Å²) in [5, 5.41) is 0. The minimum Gasteiger partial charge on any atom is -0.166 e. The fourth-order valence-electron chi connectivity index (χ4n) is 3.97. The highest BCUT2D eigenvalue weighted by atomic mass is 19.4. The molecule has 0 spiro atoms. The maximum atomic E-state index is 11.9. The largest absolute Gasteiger partial charge is 0.416 e. The van der Waals surface area contributed by atoms with E-state index in [0.29, 0.717) is 0 Å². The standard InChI is InChI=1S/C11H14.C10H14.C8H7F3/c1-9-5-4-7-10-6-2-3-8-11(9)10;1-7-5-8(2)10(4)9(3)6-7;1-6-2-4-7(5-3-6)8(9,10)11/h4-5,7H,2-3,6,8H2,1H3;5-6H,1-4H3;2-5H,1H3. The Bertz CT molecular complexity index is 989. The normalized spacial score (nSPS) is 12.7. The lowest BCUT2D eigenvalue weighted by molar-refractivity contribution is -0.137. The van der Waals surface area contributed by atoms with E-state index in [1.165, 1.54) is 65.6 Å². The van der Waals surface area contributed by atoms with Gasteiger partial charge in [0, 0.05) is 0 Å². The summed E-state index contributed by atoms with van der Waals surface area (Å²) in [5.74, 6) is 0. The lowest BCUT2D eigenvalue weighted by Gasteiger charge is -2.17. The second-order valence-corrected chi connectivity index (χ2v) is 8.81. The maximum absolute atomic E-state index is 11.9. The van der Waals surface area contributed by atoms with Crippen LogP contribution < -0.4 is 0 Å². The molecule has 0 atom stereocenters. The Morgan fingerprint density at radius 1 is 0.625 bits per heavy atom. The molecule has 0 bridgehead atoms. The summed E-state index contributed by atoms with van der Waals surface area (Å²) < 4.78 is 35.8. The fourth-order valence-corrected chi connectivity index (χ4v) is 3.97. The highest BCUT2D eigenvalue weighted by molar-refractivity contribution is 5.36. The van der Waals surface area contributed by atoms with Gasteiger partial charge in [-0.2, -0.15) is 13.2 Å². The van der Waals surface area contributed by atoms with Crippen LogP contribution in [0, 0.1) is 41.5 Å². The van der Waals surface area contributed by atoms with Crippen LogP contribution in [-0.2, 0) is 19.0 Å². The van der Waals surface area contributed by atoms with Gasteiger partial charge in [-0.05, 0) is 113 Å². The Morgan fingerprint density at radius 3 is 1.72 bits per heavy atom. The fraction of sp³-hybridized carbons (Fsp3) is 0.379. The van der Waals surface area contributed by atoms with Gasteiger partial charge in [0.1, 0.15) is 0 Å².